The topological polar surface area (TPSA) is 86.7 Å². The maximum atomic E-state index is 13.5. The Bertz CT molecular complexity index is 1130. The number of Topliss-reactive ketones (excluding diaryl/α,β-unsaturated/α-hetero) is 1. The van der Waals surface area contributed by atoms with Crippen molar-refractivity contribution in [2.75, 3.05) is 7.11 Å². The van der Waals surface area contributed by atoms with E-state index >= 15 is 0 Å². The second kappa shape index (κ2) is 9.01. The lowest BCUT2D eigenvalue weighted by atomic mass is 9.33. The number of aldehydes is 1. The molecule has 0 aromatic carbocycles. The molecule has 0 aromatic rings. The Morgan fingerprint density at radius 2 is 1.69 bits per heavy atom. The van der Waals surface area contributed by atoms with Gasteiger partial charge in [-0.1, -0.05) is 46.3 Å². The summed E-state index contributed by atoms with van der Waals surface area (Å²) in [5, 5.41) is 0. The van der Waals surface area contributed by atoms with Crippen LogP contribution in [0.5, 0.6) is 0 Å². The Morgan fingerprint density at radius 1 is 1.00 bits per heavy atom. The van der Waals surface area contributed by atoms with Gasteiger partial charge in [0.15, 0.2) is 11.9 Å². The minimum atomic E-state index is -1.17. The number of hydrogen-bond donors (Lipinski definition) is 0. The molecule has 0 N–H and O–H groups in total. The molecule has 0 aliphatic heterocycles. The molecule has 11 atom stereocenters. The molecular weight excluding hydrogens is 492 g/mol. The van der Waals surface area contributed by atoms with E-state index in [1.165, 1.54) is 19.6 Å². The molecule has 4 saturated carbocycles. The molecule has 0 spiro atoms. The molecule has 6 nitrogen and oxygen atoms in total. The molecule has 0 heterocycles. The largest absolute Gasteiger partial charge is 0.469 e. The molecule has 5 aliphatic rings. The van der Waals surface area contributed by atoms with Crippen LogP contribution in [0.1, 0.15) is 99.8 Å². The summed E-state index contributed by atoms with van der Waals surface area (Å²) in [6, 6.07) is 0. The maximum Gasteiger partial charge on any atom is 0.312 e. The van der Waals surface area contributed by atoms with Gasteiger partial charge in [-0.05, 0) is 104 Å². The van der Waals surface area contributed by atoms with Gasteiger partial charge in [0.2, 0.25) is 0 Å². The molecule has 5 aliphatic carbocycles. The number of methoxy groups -OCH3 is 1. The highest BCUT2D eigenvalue weighted by Gasteiger charge is 2.71. The van der Waals surface area contributed by atoms with Crippen molar-refractivity contribution < 1.29 is 28.7 Å². The first kappa shape index (κ1) is 28.5. The highest BCUT2D eigenvalue weighted by molar-refractivity contribution is 6.02. The summed E-state index contributed by atoms with van der Waals surface area (Å²) in [6.45, 7) is 14.9. The van der Waals surface area contributed by atoms with Crippen LogP contribution in [-0.2, 0) is 28.7 Å². The van der Waals surface area contributed by atoms with Gasteiger partial charge < -0.3 is 14.3 Å². The van der Waals surface area contributed by atoms with Crippen LogP contribution >= 0.6 is 0 Å². The summed E-state index contributed by atoms with van der Waals surface area (Å²) in [6.07, 6.45) is 9.11. The first-order valence-electron chi connectivity index (χ1n) is 15.1. The van der Waals surface area contributed by atoms with E-state index in [2.05, 4.69) is 40.7 Å². The number of hydrogen-bond acceptors (Lipinski definition) is 6. The number of fused-ring (bicyclic) bond motifs is 7. The standard InChI is InChI=1S/C33H48O6/c1-19-11-14-33(28(37)38-8)16-15-31(6)22(26(33)20(19)2)9-10-25-29(4)17-23(39-21(3)35)27(36)30(5,18-34)24(29)12-13-32(25,31)7/h9,18-20,23-26H,10-17H2,1-8H3/t19-,20+,23?,24?,25-,26+,29+,30?,31-,32-,33+/m1/s1. The zero-order chi connectivity index (χ0) is 28.8. The van der Waals surface area contributed by atoms with Gasteiger partial charge in [0.05, 0.1) is 17.9 Å². The molecule has 216 valence electrons. The van der Waals surface area contributed by atoms with E-state index in [1.807, 2.05) is 0 Å². The maximum absolute atomic E-state index is 13.5. The third-order valence-corrected chi connectivity index (χ3v) is 13.6. The van der Waals surface area contributed by atoms with Gasteiger partial charge in [-0.2, -0.15) is 0 Å². The van der Waals surface area contributed by atoms with E-state index in [4.69, 9.17) is 9.47 Å². The number of ether oxygens (including phenoxy) is 2. The van der Waals surface area contributed by atoms with Gasteiger partial charge in [0.25, 0.3) is 0 Å². The fourth-order valence-corrected chi connectivity index (χ4v) is 11.1. The Hall–Kier alpha value is -1.98. The summed E-state index contributed by atoms with van der Waals surface area (Å²) in [4.78, 5) is 51.6. The molecule has 0 bridgehead atoms. The van der Waals surface area contributed by atoms with Crippen LogP contribution in [0.3, 0.4) is 0 Å². The van der Waals surface area contributed by atoms with E-state index in [-0.39, 0.29) is 45.8 Å². The fraction of sp³-hybridized carbons (Fsp3) is 0.818. The van der Waals surface area contributed by atoms with E-state index in [0.29, 0.717) is 18.3 Å². The Morgan fingerprint density at radius 3 is 2.31 bits per heavy atom. The van der Waals surface area contributed by atoms with Crippen molar-refractivity contribution in [1.29, 1.82) is 0 Å². The molecule has 0 amide bonds. The van der Waals surface area contributed by atoms with Crippen LogP contribution in [0.15, 0.2) is 11.6 Å². The molecular formula is C33H48O6. The third-order valence-electron chi connectivity index (χ3n) is 13.6. The second-order valence-electron chi connectivity index (χ2n) is 14.9. The molecule has 5 rings (SSSR count). The van der Waals surface area contributed by atoms with Crippen molar-refractivity contribution in [2.45, 2.75) is 106 Å². The average Bonchev–Trinajstić information content (AvgIpc) is 2.88. The first-order chi connectivity index (χ1) is 18.2. The number of ketones is 1. The van der Waals surface area contributed by atoms with Crippen LogP contribution in [-0.4, -0.2) is 37.2 Å². The highest BCUT2D eigenvalue weighted by atomic mass is 16.5. The van der Waals surface area contributed by atoms with Crippen LogP contribution < -0.4 is 0 Å². The molecule has 0 aromatic heterocycles. The quantitative estimate of drug-likeness (QED) is 0.186. The van der Waals surface area contributed by atoms with Gasteiger partial charge >= 0.3 is 11.9 Å². The lowest BCUT2D eigenvalue weighted by Gasteiger charge is -2.70. The van der Waals surface area contributed by atoms with Crippen LogP contribution in [0.4, 0.5) is 0 Å². The van der Waals surface area contributed by atoms with E-state index in [9.17, 15) is 19.2 Å². The van der Waals surface area contributed by atoms with Gasteiger partial charge in [0, 0.05) is 6.92 Å². The number of allylic oxidation sites excluding steroid dienone is 2. The average molecular weight is 541 g/mol. The van der Waals surface area contributed by atoms with Crippen LogP contribution in [0.2, 0.25) is 0 Å². The predicted molar refractivity (Wildman–Crippen MR) is 147 cm³/mol. The molecule has 39 heavy (non-hydrogen) atoms. The summed E-state index contributed by atoms with van der Waals surface area (Å²) >= 11 is 0. The zero-order valence-corrected chi connectivity index (χ0v) is 25.2. The SMILES string of the molecule is COC(=O)[C@]12CC[C@@H](C)[C@H](C)[C@H]1C1=CC[C@@H]3[C@@]4(C)CC(OC(C)=O)C(=O)C(C)(C=O)C4CC[C@@]3(C)[C@]1(C)CC2. The fourth-order valence-electron chi connectivity index (χ4n) is 11.1. The molecule has 0 radical (unpaired) electrons. The predicted octanol–water partition coefficient (Wildman–Crippen LogP) is 6.11. The number of rotatable bonds is 3. The minimum Gasteiger partial charge on any atom is -0.469 e. The van der Waals surface area contributed by atoms with Gasteiger partial charge in [-0.3, -0.25) is 14.4 Å². The zero-order valence-electron chi connectivity index (χ0n) is 25.2. The molecule has 0 saturated heterocycles. The van der Waals surface area contributed by atoms with Crippen molar-refractivity contribution >= 4 is 24.0 Å². The normalized spacial score (nSPS) is 50.8. The Labute approximate surface area is 234 Å². The Balaban J connectivity index is 1.63. The highest BCUT2D eigenvalue weighted by Crippen LogP contribution is 2.75. The van der Waals surface area contributed by atoms with Gasteiger partial charge in [-0.15, -0.1) is 0 Å². The van der Waals surface area contributed by atoms with E-state index < -0.39 is 22.9 Å². The van der Waals surface area contributed by atoms with Gasteiger partial charge in [-0.25, -0.2) is 0 Å². The Kier molecular flexibility index (Phi) is 6.59. The first-order valence-corrected chi connectivity index (χ1v) is 15.1. The number of esters is 2. The van der Waals surface area contributed by atoms with E-state index in [0.717, 1.165) is 51.2 Å². The van der Waals surface area contributed by atoms with Crippen LogP contribution in [0.25, 0.3) is 0 Å². The molecule has 3 unspecified atom stereocenters. The molecule has 6 heteroatoms. The lowest BCUT2D eigenvalue weighted by Crippen LogP contribution is -2.67. The summed E-state index contributed by atoms with van der Waals surface area (Å²) in [5.74, 6) is 0.447. The smallest absolute Gasteiger partial charge is 0.312 e. The number of carbonyl (C=O) groups excluding carboxylic acids is 4. The summed E-state index contributed by atoms with van der Waals surface area (Å²) in [5.41, 5.74) is -0.697. The number of carbonyl (C=O) groups is 4. The minimum absolute atomic E-state index is 0.0473. The van der Waals surface area contributed by atoms with Crippen molar-refractivity contribution in [3.63, 3.8) is 0 Å². The van der Waals surface area contributed by atoms with Crippen molar-refractivity contribution in [3.05, 3.63) is 11.6 Å². The van der Waals surface area contributed by atoms with E-state index in [1.54, 1.807) is 6.92 Å². The van der Waals surface area contributed by atoms with Gasteiger partial charge in [0.1, 0.15) is 6.29 Å². The molecule has 4 fully saturated rings. The summed E-state index contributed by atoms with van der Waals surface area (Å²) in [7, 11) is 1.54. The van der Waals surface area contributed by atoms with Crippen molar-refractivity contribution in [2.24, 2.45) is 56.7 Å². The van der Waals surface area contributed by atoms with Crippen molar-refractivity contribution in [3.8, 4) is 0 Å². The van der Waals surface area contributed by atoms with Crippen molar-refractivity contribution in [1.82, 2.24) is 0 Å². The second-order valence-corrected chi connectivity index (χ2v) is 14.9. The lowest BCUT2D eigenvalue weighted by molar-refractivity contribution is -0.206. The monoisotopic (exact) mass is 540 g/mol. The van der Waals surface area contributed by atoms with Crippen LogP contribution in [0, 0.1) is 56.7 Å². The third kappa shape index (κ3) is 3.51. The summed E-state index contributed by atoms with van der Waals surface area (Å²) < 4.78 is 11.1.